The van der Waals surface area contributed by atoms with E-state index < -0.39 is 5.97 Å². The van der Waals surface area contributed by atoms with Crippen molar-refractivity contribution in [3.63, 3.8) is 0 Å². The summed E-state index contributed by atoms with van der Waals surface area (Å²) in [5.74, 6) is -0.0528. The Morgan fingerprint density at radius 3 is 2.53 bits per heavy atom. The first-order valence-electron chi connectivity index (χ1n) is 5.53. The van der Waals surface area contributed by atoms with Crippen LogP contribution in [-0.2, 0) is 0 Å². The molecule has 0 aliphatic carbocycles. The van der Waals surface area contributed by atoms with Crippen LogP contribution in [0.2, 0.25) is 0 Å². The highest BCUT2D eigenvalue weighted by Crippen LogP contribution is 2.23. The van der Waals surface area contributed by atoms with Crippen LogP contribution in [0.25, 0.3) is 11.2 Å². The maximum atomic E-state index is 11.9. The van der Waals surface area contributed by atoms with Gasteiger partial charge >= 0.3 is 10.9 Å². The van der Waals surface area contributed by atoms with Crippen molar-refractivity contribution < 1.29 is 18.4 Å². The van der Waals surface area contributed by atoms with Crippen molar-refractivity contribution in [2.45, 2.75) is 0 Å². The summed E-state index contributed by atoms with van der Waals surface area (Å²) in [6.07, 6.45) is 0. The summed E-state index contributed by atoms with van der Waals surface area (Å²) in [4.78, 5) is 11.9. The van der Waals surface area contributed by atoms with Crippen molar-refractivity contribution in [2.75, 3.05) is 0 Å². The number of rotatable bonds is 2. The minimum Gasteiger partial charge on any atom is -0.423 e. The van der Waals surface area contributed by atoms with Gasteiger partial charge in [0.05, 0.1) is 5.56 Å². The molecule has 0 saturated heterocycles. The van der Waals surface area contributed by atoms with Crippen LogP contribution in [0.4, 0.5) is 0 Å². The molecule has 0 spiro atoms. The number of fused-ring (bicyclic) bond motifs is 1. The van der Waals surface area contributed by atoms with E-state index in [1.807, 2.05) is 6.07 Å². The van der Waals surface area contributed by atoms with E-state index in [-0.39, 0.29) is 4.90 Å². The monoisotopic (exact) mass is 272 g/mol. The van der Waals surface area contributed by atoms with E-state index in [1.165, 1.54) is 0 Å². The fourth-order valence-corrected chi connectivity index (χ4v) is 1.84. The lowest BCUT2D eigenvalue weighted by molar-refractivity contribution is 0.0735. The molecule has 94 valence electrons. The second-order valence-electron chi connectivity index (χ2n) is 3.82. The van der Waals surface area contributed by atoms with Crippen LogP contribution in [0.1, 0.15) is 10.4 Å². The zero-order valence-electron chi connectivity index (χ0n) is 9.66. The van der Waals surface area contributed by atoms with Crippen LogP contribution in [0.5, 0.6) is 5.75 Å². The van der Waals surface area contributed by atoms with E-state index in [0.29, 0.717) is 22.5 Å². The number of esters is 1. The second kappa shape index (κ2) is 4.70. The molecule has 4 nitrogen and oxygen atoms in total. The van der Waals surface area contributed by atoms with Gasteiger partial charge in [0.2, 0.25) is 0 Å². The summed E-state index contributed by atoms with van der Waals surface area (Å²) >= 11 is 4.78. The van der Waals surface area contributed by atoms with E-state index in [2.05, 4.69) is 0 Å². The summed E-state index contributed by atoms with van der Waals surface area (Å²) in [6, 6.07) is 13.6. The molecule has 0 atom stereocenters. The number of benzene rings is 2. The van der Waals surface area contributed by atoms with Crippen LogP contribution in [0.3, 0.4) is 0 Å². The topological polar surface area (TPSA) is 52.6 Å². The summed E-state index contributed by atoms with van der Waals surface area (Å²) in [5.41, 5.74) is 1.45. The van der Waals surface area contributed by atoms with Gasteiger partial charge in [-0.2, -0.15) is 0 Å². The molecule has 3 rings (SSSR count). The molecule has 0 unspecified atom stereocenters. The Hall–Kier alpha value is -2.40. The lowest BCUT2D eigenvalue weighted by Gasteiger charge is -2.03. The van der Waals surface area contributed by atoms with Crippen molar-refractivity contribution in [2.24, 2.45) is 0 Å². The van der Waals surface area contributed by atoms with E-state index in [0.717, 1.165) is 0 Å². The van der Waals surface area contributed by atoms with Gasteiger partial charge in [-0.1, -0.05) is 18.2 Å². The van der Waals surface area contributed by atoms with Gasteiger partial charge in [-0.15, -0.1) is 0 Å². The van der Waals surface area contributed by atoms with Crippen LogP contribution in [-0.4, -0.2) is 5.97 Å². The third-order valence-corrected chi connectivity index (χ3v) is 2.69. The molecule has 0 bridgehead atoms. The largest absolute Gasteiger partial charge is 0.423 e. The fourth-order valence-electron chi connectivity index (χ4n) is 1.66. The normalized spacial score (nSPS) is 10.5. The van der Waals surface area contributed by atoms with Gasteiger partial charge in [0, 0.05) is 18.3 Å². The van der Waals surface area contributed by atoms with E-state index >= 15 is 0 Å². The highest BCUT2D eigenvalue weighted by molar-refractivity contribution is 7.71. The first-order chi connectivity index (χ1) is 9.22. The molecule has 1 heterocycles. The molecule has 2 aromatic carbocycles. The Morgan fingerprint density at radius 2 is 1.74 bits per heavy atom. The van der Waals surface area contributed by atoms with Crippen LogP contribution in [0, 0.1) is 4.90 Å². The number of carbonyl (C=O) groups is 1. The fraction of sp³-hybridized carbons (Fsp3) is 0. The maximum absolute atomic E-state index is 11.9. The predicted molar refractivity (Wildman–Crippen MR) is 70.7 cm³/mol. The Balaban J connectivity index is 1.89. The van der Waals surface area contributed by atoms with Gasteiger partial charge in [0.1, 0.15) is 5.75 Å². The number of ether oxygens (including phenoxy) is 1. The molecule has 3 aromatic rings. The minimum absolute atomic E-state index is 0.0431. The van der Waals surface area contributed by atoms with Gasteiger partial charge in [-0.3, -0.25) is 0 Å². The number of hydrogen-bond donors (Lipinski definition) is 0. The summed E-state index contributed by atoms with van der Waals surface area (Å²) < 4.78 is 15.5. The Kier molecular flexibility index (Phi) is 2.89. The summed E-state index contributed by atoms with van der Waals surface area (Å²) in [5, 5.41) is 0. The van der Waals surface area contributed by atoms with Crippen molar-refractivity contribution >= 4 is 29.4 Å². The van der Waals surface area contributed by atoms with Gasteiger partial charge in [-0.05, 0) is 24.3 Å². The predicted octanol–water partition coefficient (Wildman–Crippen LogP) is 3.97. The molecular weight excluding hydrogens is 264 g/mol. The molecule has 0 saturated carbocycles. The maximum Gasteiger partial charge on any atom is 0.363 e. The zero-order valence-corrected chi connectivity index (χ0v) is 10.5. The molecule has 1 aromatic heterocycles. The average molecular weight is 272 g/mol. The lowest BCUT2D eigenvalue weighted by Crippen LogP contribution is -2.07. The molecule has 19 heavy (non-hydrogen) atoms. The van der Waals surface area contributed by atoms with E-state index in [1.54, 1.807) is 42.5 Å². The highest BCUT2D eigenvalue weighted by atomic mass is 32.1. The third-order valence-electron chi connectivity index (χ3n) is 2.52. The molecule has 0 aliphatic rings. The van der Waals surface area contributed by atoms with Crippen molar-refractivity contribution in [3.8, 4) is 5.75 Å². The molecule has 5 heteroatoms. The first kappa shape index (κ1) is 11.7. The molecule has 0 radical (unpaired) electrons. The second-order valence-corrected chi connectivity index (χ2v) is 4.15. The standard InChI is InChI=1S/C14H8O4S/c15-13(9-4-2-1-3-5-9)16-10-6-7-11-12(8-10)18-14(19)17-11/h1-8H. The minimum atomic E-state index is -0.429. The van der Waals surface area contributed by atoms with Gasteiger partial charge in [-0.25, -0.2) is 4.79 Å². The Morgan fingerprint density at radius 1 is 1.00 bits per heavy atom. The molecule has 0 aliphatic heterocycles. The molecule has 0 fully saturated rings. The SMILES string of the molecule is O=C(Oc1ccc2oc(=S)oc2c1)c1ccccc1. The molecule has 0 N–H and O–H groups in total. The van der Waals surface area contributed by atoms with E-state index in [4.69, 9.17) is 25.8 Å². The van der Waals surface area contributed by atoms with Gasteiger partial charge in [0.25, 0.3) is 0 Å². The third kappa shape index (κ3) is 2.41. The number of carbonyl (C=O) groups excluding carboxylic acids is 1. The average Bonchev–Trinajstić information content (AvgIpc) is 2.79. The van der Waals surface area contributed by atoms with Gasteiger partial charge in [0.15, 0.2) is 11.2 Å². The van der Waals surface area contributed by atoms with Crippen LogP contribution < -0.4 is 4.74 Å². The summed E-state index contributed by atoms with van der Waals surface area (Å²) in [7, 11) is 0. The van der Waals surface area contributed by atoms with Crippen molar-refractivity contribution in [1.29, 1.82) is 0 Å². The van der Waals surface area contributed by atoms with Crippen molar-refractivity contribution in [3.05, 3.63) is 59.0 Å². The molecular formula is C14H8O4S. The zero-order chi connectivity index (χ0) is 13.2. The van der Waals surface area contributed by atoms with Crippen molar-refractivity contribution in [1.82, 2.24) is 0 Å². The molecule has 0 amide bonds. The highest BCUT2D eigenvalue weighted by Gasteiger charge is 2.09. The van der Waals surface area contributed by atoms with Gasteiger partial charge < -0.3 is 13.6 Å². The Bertz CT molecular complexity index is 786. The smallest absolute Gasteiger partial charge is 0.363 e. The van der Waals surface area contributed by atoms with Crippen LogP contribution in [0.15, 0.2) is 57.4 Å². The number of hydrogen-bond acceptors (Lipinski definition) is 5. The lowest BCUT2D eigenvalue weighted by atomic mass is 10.2. The Labute approximate surface area is 113 Å². The summed E-state index contributed by atoms with van der Waals surface area (Å²) in [6.45, 7) is 0. The quantitative estimate of drug-likeness (QED) is 0.401. The van der Waals surface area contributed by atoms with E-state index in [9.17, 15) is 4.79 Å². The first-order valence-corrected chi connectivity index (χ1v) is 5.94. The van der Waals surface area contributed by atoms with Crippen LogP contribution >= 0.6 is 12.2 Å².